The molecular weight excluding hydrogens is 276 g/mol. The standard InChI is InChI=1S/C15H17ClN2O2/c1-11(9-17)18-7-3-6-14(15(18)19)20-10-12-4-2-5-13(16)8-12/h2-8,11H,9-10,17H2,1H3. The zero-order valence-electron chi connectivity index (χ0n) is 11.3. The van der Waals surface area contributed by atoms with E-state index < -0.39 is 0 Å². The smallest absolute Gasteiger partial charge is 0.293 e. The van der Waals surface area contributed by atoms with E-state index >= 15 is 0 Å². The molecule has 0 radical (unpaired) electrons. The molecule has 0 aliphatic heterocycles. The molecule has 0 bridgehead atoms. The maximum Gasteiger partial charge on any atom is 0.293 e. The van der Waals surface area contributed by atoms with Crippen LogP contribution in [0.15, 0.2) is 47.4 Å². The Balaban J connectivity index is 2.16. The van der Waals surface area contributed by atoms with Crippen LogP contribution in [0.3, 0.4) is 0 Å². The normalized spacial score (nSPS) is 12.2. The Morgan fingerprint density at radius 3 is 2.85 bits per heavy atom. The van der Waals surface area contributed by atoms with Crippen molar-refractivity contribution in [1.29, 1.82) is 0 Å². The first kappa shape index (κ1) is 14.6. The Morgan fingerprint density at radius 1 is 1.35 bits per heavy atom. The number of aromatic nitrogens is 1. The Bertz CT molecular complexity index is 640. The third-order valence-electron chi connectivity index (χ3n) is 3.04. The fourth-order valence-electron chi connectivity index (χ4n) is 1.85. The van der Waals surface area contributed by atoms with E-state index in [1.807, 2.05) is 25.1 Å². The van der Waals surface area contributed by atoms with E-state index in [1.165, 1.54) is 0 Å². The quantitative estimate of drug-likeness (QED) is 0.921. The molecule has 0 saturated heterocycles. The Hall–Kier alpha value is -1.78. The van der Waals surface area contributed by atoms with Gasteiger partial charge in [0.1, 0.15) is 6.61 Å². The van der Waals surface area contributed by atoms with Crippen molar-refractivity contribution in [2.24, 2.45) is 5.73 Å². The van der Waals surface area contributed by atoms with Crippen LogP contribution in [-0.2, 0) is 6.61 Å². The van der Waals surface area contributed by atoms with Gasteiger partial charge in [0.2, 0.25) is 0 Å². The van der Waals surface area contributed by atoms with Crippen molar-refractivity contribution >= 4 is 11.6 Å². The predicted octanol–water partition coefficient (Wildman–Crippen LogP) is 2.60. The van der Waals surface area contributed by atoms with E-state index in [0.29, 0.717) is 23.9 Å². The molecule has 1 unspecified atom stereocenters. The Morgan fingerprint density at radius 2 is 2.15 bits per heavy atom. The largest absolute Gasteiger partial charge is 0.483 e. The van der Waals surface area contributed by atoms with Crippen molar-refractivity contribution in [1.82, 2.24) is 4.57 Å². The molecule has 2 rings (SSSR count). The summed E-state index contributed by atoms with van der Waals surface area (Å²) >= 11 is 5.91. The van der Waals surface area contributed by atoms with Gasteiger partial charge in [-0.1, -0.05) is 23.7 Å². The number of rotatable bonds is 5. The van der Waals surface area contributed by atoms with Crippen molar-refractivity contribution in [2.75, 3.05) is 6.54 Å². The first-order valence-corrected chi connectivity index (χ1v) is 6.78. The molecule has 20 heavy (non-hydrogen) atoms. The molecule has 4 nitrogen and oxygen atoms in total. The van der Waals surface area contributed by atoms with Crippen molar-refractivity contribution in [3.05, 3.63) is 63.5 Å². The van der Waals surface area contributed by atoms with Gasteiger partial charge in [0, 0.05) is 23.8 Å². The molecule has 0 aliphatic rings. The molecule has 0 saturated carbocycles. The first-order valence-electron chi connectivity index (χ1n) is 6.40. The predicted molar refractivity (Wildman–Crippen MR) is 80.3 cm³/mol. The number of halogens is 1. The summed E-state index contributed by atoms with van der Waals surface area (Å²) in [6.07, 6.45) is 1.71. The van der Waals surface area contributed by atoms with Gasteiger partial charge in [-0.3, -0.25) is 4.79 Å². The number of pyridine rings is 1. The van der Waals surface area contributed by atoms with Crippen LogP contribution in [0.25, 0.3) is 0 Å². The monoisotopic (exact) mass is 292 g/mol. The van der Waals surface area contributed by atoms with Crippen LogP contribution in [0.2, 0.25) is 5.02 Å². The number of nitrogens with two attached hydrogens (primary N) is 1. The molecule has 1 aromatic heterocycles. The zero-order valence-corrected chi connectivity index (χ0v) is 12.0. The molecule has 0 amide bonds. The summed E-state index contributed by atoms with van der Waals surface area (Å²) in [6, 6.07) is 10.7. The summed E-state index contributed by atoms with van der Waals surface area (Å²) in [7, 11) is 0. The number of hydrogen-bond donors (Lipinski definition) is 1. The summed E-state index contributed by atoms with van der Waals surface area (Å²) < 4.78 is 7.16. The van der Waals surface area contributed by atoms with Crippen LogP contribution in [-0.4, -0.2) is 11.1 Å². The summed E-state index contributed by atoms with van der Waals surface area (Å²) in [6.45, 7) is 2.59. The SMILES string of the molecule is CC(CN)n1cccc(OCc2cccc(Cl)c2)c1=O. The van der Waals surface area contributed by atoms with Gasteiger partial charge in [0.25, 0.3) is 5.56 Å². The average Bonchev–Trinajstić information content (AvgIpc) is 2.45. The summed E-state index contributed by atoms with van der Waals surface area (Å²) in [5.74, 6) is 0.313. The van der Waals surface area contributed by atoms with Gasteiger partial charge in [0.05, 0.1) is 0 Å². The van der Waals surface area contributed by atoms with E-state index in [2.05, 4.69) is 0 Å². The third-order valence-corrected chi connectivity index (χ3v) is 3.27. The minimum absolute atomic E-state index is 0.0581. The van der Waals surface area contributed by atoms with Crippen LogP contribution in [0.4, 0.5) is 0 Å². The summed E-state index contributed by atoms with van der Waals surface area (Å²) in [4.78, 5) is 12.2. The van der Waals surface area contributed by atoms with Gasteiger partial charge in [-0.2, -0.15) is 0 Å². The van der Waals surface area contributed by atoms with Gasteiger partial charge in [-0.15, -0.1) is 0 Å². The van der Waals surface area contributed by atoms with Crippen molar-refractivity contribution < 1.29 is 4.74 Å². The molecule has 2 N–H and O–H groups in total. The van der Waals surface area contributed by atoms with Gasteiger partial charge in [0.15, 0.2) is 5.75 Å². The maximum absolute atomic E-state index is 12.2. The van der Waals surface area contributed by atoms with E-state index in [0.717, 1.165) is 5.56 Å². The Kier molecular flexibility index (Phi) is 4.82. The minimum atomic E-state index is -0.174. The van der Waals surface area contributed by atoms with Crippen LogP contribution < -0.4 is 16.0 Å². The van der Waals surface area contributed by atoms with Crippen LogP contribution in [0.5, 0.6) is 5.75 Å². The lowest BCUT2D eigenvalue weighted by Gasteiger charge is -2.14. The molecule has 0 spiro atoms. The highest BCUT2D eigenvalue weighted by atomic mass is 35.5. The molecule has 0 fully saturated rings. The molecule has 2 aromatic rings. The molecule has 5 heteroatoms. The first-order chi connectivity index (χ1) is 9.61. The highest BCUT2D eigenvalue weighted by molar-refractivity contribution is 6.30. The fraction of sp³-hybridized carbons (Fsp3) is 0.267. The topological polar surface area (TPSA) is 57.2 Å². The lowest BCUT2D eigenvalue weighted by molar-refractivity contribution is 0.297. The molecular formula is C15H17ClN2O2. The number of benzene rings is 1. The number of ether oxygens (including phenoxy) is 1. The van der Waals surface area contributed by atoms with Crippen molar-refractivity contribution in [3.63, 3.8) is 0 Å². The highest BCUT2D eigenvalue weighted by Gasteiger charge is 2.09. The van der Waals surface area contributed by atoms with E-state index in [-0.39, 0.29) is 11.6 Å². The second-order valence-corrected chi connectivity index (χ2v) is 5.02. The van der Waals surface area contributed by atoms with Crippen molar-refractivity contribution in [3.8, 4) is 5.75 Å². The maximum atomic E-state index is 12.2. The van der Waals surface area contributed by atoms with Crippen LogP contribution >= 0.6 is 11.6 Å². The highest BCUT2D eigenvalue weighted by Crippen LogP contribution is 2.13. The lowest BCUT2D eigenvalue weighted by atomic mass is 10.2. The van der Waals surface area contributed by atoms with Crippen LogP contribution in [0.1, 0.15) is 18.5 Å². The van der Waals surface area contributed by atoms with E-state index in [4.69, 9.17) is 22.1 Å². The minimum Gasteiger partial charge on any atom is -0.483 e. The molecule has 1 atom stereocenters. The van der Waals surface area contributed by atoms with Gasteiger partial charge in [-0.25, -0.2) is 0 Å². The van der Waals surface area contributed by atoms with Gasteiger partial charge >= 0.3 is 0 Å². The van der Waals surface area contributed by atoms with Gasteiger partial charge in [-0.05, 0) is 36.8 Å². The lowest BCUT2D eigenvalue weighted by Crippen LogP contribution is -2.28. The zero-order chi connectivity index (χ0) is 14.5. The molecule has 1 aromatic carbocycles. The van der Waals surface area contributed by atoms with E-state index in [1.54, 1.807) is 29.0 Å². The van der Waals surface area contributed by atoms with Gasteiger partial charge < -0.3 is 15.0 Å². The molecule has 106 valence electrons. The average molecular weight is 293 g/mol. The number of hydrogen-bond acceptors (Lipinski definition) is 3. The third kappa shape index (κ3) is 3.40. The summed E-state index contributed by atoms with van der Waals surface area (Å²) in [5.41, 5.74) is 6.33. The second kappa shape index (κ2) is 6.59. The molecule has 1 heterocycles. The second-order valence-electron chi connectivity index (χ2n) is 4.59. The van der Waals surface area contributed by atoms with Crippen molar-refractivity contribution in [2.45, 2.75) is 19.6 Å². The van der Waals surface area contributed by atoms with E-state index in [9.17, 15) is 4.79 Å². The Labute approximate surface area is 122 Å². The molecule has 0 aliphatic carbocycles. The number of nitrogens with zero attached hydrogens (tertiary/aromatic N) is 1. The summed E-state index contributed by atoms with van der Waals surface area (Å²) in [5, 5.41) is 0.647. The fourth-order valence-corrected chi connectivity index (χ4v) is 2.06. The van der Waals surface area contributed by atoms with Crippen LogP contribution in [0, 0.1) is 0 Å².